The number of carbonyl (C=O) groups is 2. The zero-order valence-electron chi connectivity index (χ0n) is 16.9. The van der Waals surface area contributed by atoms with Gasteiger partial charge in [-0.3, -0.25) is 9.59 Å². The van der Waals surface area contributed by atoms with Crippen LogP contribution in [-0.2, 0) is 9.59 Å². The zero-order chi connectivity index (χ0) is 21.7. The normalized spacial score (nSPS) is 15.4. The lowest BCUT2D eigenvalue weighted by Gasteiger charge is -2.16. The molecule has 2 heterocycles. The Morgan fingerprint density at radius 3 is 1.33 bits per heavy atom. The second kappa shape index (κ2) is 7.88. The molecule has 2 aromatic rings. The number of anilines is 2. The molecule has 6 nitrogen and oxygen atoms in total. The molecule has 2 aliphatic heterocycles. The number of benzene rings is 2. The van der Waals surface area contributed by atoms with Gasteiger partial charge in [-0.25, -0.2) is 0 Å². The van der Waals surface area contributed by atoms with E-state index in [1.54, 1.807) is 0 Å². The molecule has 2 aromatic carbocycles. The van der Waals surface area contributed by atoms with Crippen molar-refractivity contribution >= 4 is 79.8 Å². The van der Waals surface area contributed by atoms with Crippen LogP contribution >= 0.6 is 45.2 Å². The average molecular weight is 626 g/mol. The van der Waals surface area contributed by atoms with Gasteiger partial charge in [0.2, 0.25) is 0 Å². The average Bonchev–Trinajstić information content (AvgIpc) is 3.19. The highest BCUT2D eigenvalue weighted by Crippen LogP contribution is 2.39. The van der Waals surface area contributed by atoms with E-state index in [-0.39, 0.29) is 11.8 Å². The Kier molecular flexibility index (Phi) is 5.56. The van der Waals surface area contributed by atoms with E-state index in [1.807, 2.05) is 74.4 Å². The first-order valence-corrected chi connectivity index (χ1v) is 11.4. The zero-order valence-corrected chi connectivity index (χ0v) is 21.2. The topological polar surface area (TPSA) is 64.7 Å². The number of amides is 2. The minimum Gasteiger partial charge on any atom is -0.377 e. The van der Waals surface area contributed by atoms with Gasteiger partial charge in [0.25, 0.3) is 11.8 Å². The molecule has 8 heteroatoms. The van der Waals surface area contributed by atoms with Crippen LogP contribution in [0.1, 0.15) is 11.1 Å². The van der Waals surface area contributed by atoms with E-state index >= 15 is 0 Å². The summed E-state index contributed by atoms with van der Waals surface area (Å²) in [5.74, 6) is -0.515. The summed E-state index contributed by atoms with van der Waals surface area (Å²) in [6.07, 6.45) is 0. The highest BCUT2D eigenvalue weighted by atomic mass is 127. The number of carbonyl (C=O) groups excluding carboxylic acids is 2. The molecule has 2 amide bonds. The molecule has 30 heavy (non-hydrogen) atoms. The van der Waals surface area contributed by atoms with Crippen LogP contribution in [0.5, 0.6) is 0 Å². The van der Waals surface area contributed by atoms with Gasteiger partial charge < -0.3 is 20.4 Å². The van der Waals surface area contributed by atoms with Crippen LogP contribution in [0.3, 0.4) is 0 Å². The SMILES string of the molecule is CN(C)c1ccc(C2=C3C(=O)NC(c4ccc(N(C)C)c(I)c4)=C3C(=O)N2)cc1I. The van der Waals surface area contributed by atoms with Crippen LogP contribution in [0, 0.1) is 7.14 Å². The summed E-state index contributed by atoms with van der Waals surface area (Å²) in [5.41, 5.74) is 5.74. The van der Waals surface area contributed by atoms with Gasteiger partial charge in [-0.2, -0.15) is 0 Å². The third-order valence-electron chi connectivity index (χ3n) is 5.12. The lowest BCUT2D eigenvalue weighted by atomic mass is 10.0. The number of hydrogen-bond acceptors (Lipinski definition) is 4. The third kappa shape index (κ3) is 3.49. The minimum atomic E-state index is -0.258. The Balaban J connectivity index is 1.83. The Hall–Kier alpha value is -2.08. The molecular weight excluding hydrogens is 606 g/mol. The van der Waals surface area contributed by atoms with E-state index in [4.69, 9.17) is 0 Å². The molecule has 0 bridgehead atoms. The summed E-state index contributed by atoms with van der Waals surface area (Å²) < 4.78 is 2.09. The van der Waals surface area contributed by atoms with E-state index in [2.05, 4.69) is 55.8 Å². The Bertz CT molecular complexity index is 1070. The van der Waals surface area contributed by atoms with Crippen molar-refractivity contribution in [1.82, 2.24) is 10.6 Å². The van der Waals surface area contributed by atoms with Crippen molar-refractivity contribution in [3.05, 3.63) is 65.8 Å². The molecule has 2 aliphatic rings. The minimum absolute atomic E-state index is 0.258. The van der Waals surface area contributed by atoms with Crippen LogP contribution < -0.4 is 20.4 Å². The molecule has 0 spiro atoms. The van der Waals surface area contributed by atoms with Crippen molar-refractivity contribution in [3.63, 3.8) is 0 Å². The van der Waals surface area contributed by atoms with E-state index in [1.165, 1.54) is 0 Å². The van der Waals surface area contributed by atoms with Crippen LogP contribution in [0.4, 0.5) is 11.4 Å². The monoisotopic (exact) mass is 626 g/mol. The van der Waals surface area contributed by atoms with Crippen LogP contribution in [0.25, 0.3) is 11.4 Å². The lowest BCUT2D eigenvalue weighted by molar-refractivity contribution is -0.117. The van der Waals surface area contributed by atoms with E-state index in [9.17, 15) is 9.59 Å². The standard InChI is InChI=1S/C22H20I2N4O2/c1-27(2)15-7-5-11(9-13(15)23)19-17-18(22(30)25-19)20(26-21(17)29)12-6-8-16(28(3)4)14(24)10-12/h5-10H,1-4H3,(H,25,30)(H,26,29). The largest absolute Gasteiger partial charge is 0.377 e. The van der Waals surface area contributed by atoms with Gasteiger partial charge in [0.1, 0.15) is 0 Å². The predicted molar refractivity (Wildman–Crippen MR) is 137 cm³/mol. The molecule has 0 aliphatic carbocycles. The van der Waals surface area contributed by atoms with Gasteiger partial charge in [-0.1, -0.05) is 12.1 Å². The fourth-order valence-electron chi connectivity index (χ4n) is 3.66. The molecule has 0 radical (unpaired) electrons. The maximum Gasteiger partial charge on any atom is 0.258 e. The number of nitrogens with one attached hydrogen (secondary N) is 2. The highest BCUT2D eigenvalue weighted by molar-refractivity contribution is 14.1. The number of halogens is 2. The number of rotatable bonds is 4. The van der Waals surface area contributed by atoms with Gasteiger partial charge >= 0.3 is 0 Å². The molecular formula is C22H20I2N4O2. The maximum atomic E-state index is 12.9. The maximum absolute atomic E-state index is 12.9. The fourth-order valence-corrected chi connectivity index (χ4v) is 5.66. The number of fused-ring (bicyclic) bond motifs is 1. The van der Waals surface area contributed by atoms with Crippen LogP contribution in [0.15, 0.2) is 47.5 Å². The van der Waals surface area contributed by atoms with E-state index in [0.717, 1.165) is 29.6 Å². The predicted octanol–water partition coefficient (Wildman–Crippen LogP) is 3.41. The molecule has 154 valence electrons. The molecule has 0 atom stereocenters. The van der Waals surface area contributed by atoms with Gasteiger partial charge in [0, 0.05) is 57.8 Å². The van der Waals surface area contributed by atoms with Gasteiger partial charge in [-0.05, 0) is 69.4 Å². The summed E-state index contributed by atoms with van der Waals surface area (Å²) >= 11 is 4.54. The fraction of sp³-hybridized carbons (Fsp3) is 0.182. The second-order valence-corrected chi connectivity index (χ2v) is 9.85. The second-order valence-electron chi connectivity index (χ2n) is 7.53. The molecule has 0 saturated carbocycles. The molecule has 2 N–H and O–H groups in total. The van der Waals surface area contributed by atoms with Crippen molar-refractivity contribution in [2.45, 2.75) is 0 Å². The summed E-state index contributed by atoms with van der Waals surface area (Å²) in [6.45, 7) is 0. The van der Waals surface area contributed by atoms with Gasteiger partial charge in [-0.15, -0.1) is 0 Å². The lowest BCUT2D eigenvalue weighted by Crippen LogP contribution is -2.21. The van der Waals surface area contributed by atoms with Crippen molar-refractivity contribution in [1.29, 1.82) is 0 Å². The van der Waals surface area contributed by atoms with E-state index in [0.29, 0.717) is 22.5 Å². The summed E-state index contributed by atoms with van der Waals surface area (Å²) in [5, 5.41) is 5.83. The first-order valence-electron chi connectivity index (χ1n) is 9.25. The molecule has 4 rings (SSSR count). The van der Waals surface area contributed by atoms with Gasteiger partial charge in [0.15, 0.2) is 0 Å². The number of nitrogens with zero attached hydrogens (tertiary/aromatic N) is 2. The van der Waals surface area contributed by atoms with Crippen molar-refractivity contribution in [2.75, 3.05) is 38.0 Å². The number of hydrogen-bond donors (Lipinski definition) is 2. The molecule has 0 fully saturated rings. The van der Waals surface area contributed by atoms with Crippen molar-refractivity contribution in [3.8, 4) is 0 Å². The van der Waals surface area contributed by atoms with Crippen LogP contribution in [-0.4, -0.2) is 40.0 Å². The molecule has 0 unspecified atom stereocenters. The smallest absolute Gasteiger partial charge is 0.258 e. The van der Waals surface area contributed by atoms with Crippen molar-refractivity contribution in [2.24, 2.45) is 0 Å². The Morgan fingerprint density at radius 2 is 1.03 bits per heavy atom. The first kappa shape index (κ1) is 21.2. The summed E-state index contributed by atoms with van der Waals surface area (Å²) in [7, 11) is 7.93. The quantitative estimate of drug-likeness (QED) is 0.512. The summed E-state index contributed by atoms with van der Waals surface area (Å²) in [6, 6.07) is 11.8. The third-order valence-corrected chi connectivity index (χ3v) is 6.85. The van der Waals surface area contributed by atoms with E-state index < -0.39 is 0 Å². The van der Waals surface area contributed by atoms with Crippen LogP contribution in [0.2, 0.25) is 0 Å². The van der Waals surface area contributed by atoms with Crippen molar-refractivity contribution < 1.29 is 9.59 Å². The Morgan fingerprint density at radius 1 is 0.667 bits per heavy atom. The molecule has 0 saturated heterocycles. The summed E-state index contributed by atoms with van der Waals surface area (Å²) in [4.78, 5) is 29.8. The molecule has 0 aromatic heterocycles. The Labute approximate surface area is 202 Å². The van der Waals surface area contributed by atoms with Gasteiger partial charge in [0.05, 0.1) is 22.5 Å². The first-order chi connectivity index (χ1) is 14.2. The highest BCUT2D eigenvalue weighted by Gasteiger charge is 2.41.